The van der Waals surface area contributed by atoms with E-state index in [2.05, 4.69) is 27.7 Å². The van der Waals surface area contributed by atoms with Crippen LogP contribution >= 0.6 is 0 Å². The third-order valence-electron chi connectivity index (χ3n) is 3.54. The highest BCUT2D eigenvalue weighted by Crippen LogP contribution is 2.46. The first-order valence-electron chi connectivity index (χ1n) is 6.59. The molecule has 0 nitrogen and oxygen atoms in total. The molecule has 0 aromatic rings. The van der Waals surface area contributed by atoms with E-state index in [1.165, 1.54) is 32.1 Å². The molecule has 84 valence electrons. The van der Waals surface area contributed by atoms with E-state index in [9.17, 15) is 0 Å². The molecule has 1 aliphatic rings. The molecule has 0 aromatic heterocycles. The Bertz CT molecular complexity index is 146. The molecule has 1 saturated carbocycles. The molecule has 1 fully saturated rings. The van der Waals surface area contributed by atoms with Crippen LogP contribution in [-0.4, -0.2) is 0 Å². The molecule has 1 aliphatic carbocycles. The summed E-state index contributed by atoms with van der Waals surface area (Å²) in [6, 6.07) is 0. The Labute approximate surface area is 90.5 Å². The van der Waals surface area contributed by atoms with Crippen molar-refractivity contribution in [2.24, 2.45) is 23.7 Å². The zero-order chi connectivity index (χ0) is 10.6. The van der Waals surface area contributed by atoms with Crippen molar-refractivity contribution in [2.45, 2.75) is 66.2 Å². The highest BCUT2D eigenvalue weighted by Gasteiger charge is 2.35. The average Bonchev–Trinajstić information content (AvgIpc) is 2.79. The van der Waals surface area contributed by atoms with E-state index >= 15 is 0 Å². The second-order valence-electron chi connectivity index (χ2n) is 6.05. The third-order valence-corrected chi connectivity index (χ3v) is 3.54. The summed E-state index contributed by atoms with van der Waals surface area (Å²) in [6.07, 6.45) is 8.93. The first-order chi connectivity index (χ1) is 6.59. The van der Waals surface area contributed by atoms with E-state index in [-0.39, 0.29) is 0 Å². The minimum atomic E-state index is 0.905. The van der Waals surface area contributed by atoms with Crippen LogP contribution in [0.5, 0.6) is 0 Å². The number of hydrogen-bond donors (Lipinski definition) is 0. The van der Waals surface area contributed by atoms with Gasteiger partial charge in [0.15, 0.2) is 0 Å². The second-order valence-corrected chi connectivity index (χ2v) is 6.05. The van der Waals surface area contributed by atoms with E-state index in [1.54, 1.807) is 6.42 Å². The van der Waals surface area contributed by atoms with Crippen molar-refractivity contribution < 1.29 is 0 Å². The van der Waals surface area contributed by atoms with Crippen molar-refractivity contribution in [3.8, 4) is 0 Å². The van der Waals surface area contributed by atoms with Gasteiger partial charge in [-0.05, 0) is 36.5 Å². The van der Waals surface area contributed by atoms with Gasteiger partial charge in [-0.2, -0.15) is 0 Å². The minimum absolute atomic E-state index is 0.905. The Morgan fingerprint density at radius 1 is 0.857 bits per heavy atom. The molecule has 0 aromatic carbocycles. The molecular formula is C14H28. The standard InChI is InChI=1S/C14H28/c1-11(2)6-5-7-13-10-14(13)9-8-12(3)4/h11-14H,5-10H2,1-4H3/t13-,14-/m1/s1. The summed E-state index contributed by atoms with van der Waals surface area (Å²) in [4.78, 5) is 0. The Morgan fingerprint density at radius 3 is 2.00 bits per heavy atom. The quantitative estimate of drug-likeness (QED) is 0.544. The van der Waals surface area contributed by atoms with Gasteiger partial charge in [0, 0.05) is 0 Å². The van der Waals surface area contributed by atoms with Crippen LogP contribution in [0.2, 0.25) is 0 Å². The van der Waals surface area contributed by atoms with Gasteiger partial charge in [-0.3, -0.25) is 0 Å². The van der Waals surface area contributed by atoms with Gasteiger partial charge >= 0.3 is 0 Å². The summed E-state index contributed by atoms with van der Waals surface area (Å²) in [5.41, 5.74) is 0. The minimum Gasteiger partial charge on any atom is -0.0628 e. The lowest BCUT2D eigenvalue weighted by atomic mass is 10.0. The molecule has 0 spiro atoms. The molecule has 1 rings (SSSR count). The fraction of sp³-hybridized carbons (Fsp3) is 1.00. The van der Waals surface area contributed by atoms with Crippen LogP contribution in [0.3, 0.4) is 0 Å². The van der Waals surface area contributed by atoms with Gasteiger partial charge in [-0.25, -0.2) is 0 Å². The fourth-order valence-electron chi connectivity index (χ4n) is 2.35. The van der Waals surface area contributed by atoms with Crippen molar-refractivity contribution in [1.29, 1.82) is 0 Å². The average molecular weight is 196 g/mol. The van der Waals surface area contributed by atoms with Crippen molar-refractivity contribution >= 4 is 0 Å². The predicted octanol–water partition coefficient (Wildman–Crippen LogP) is 4.89. The summed E-state index contributed by atoms with van der Waals surface area (Å²) in [5, 5.41) is 0. The zero-order valence-corrected chi connectivity index (χ0v) is 10.6. The Morgan fingerprint density at radius 2 is 1.43 bits per heavy atom. The van der Waals surface area contributed by atoms with E-state index < -0.39 is 0 Å². The summed E-state index contributed by atoms with van der Waals surface area (Å²) in [7, 11) is 0. The lowest BCUT2D eigenvalue weighted by Crippen LogP contribution is -1.92. The van der Waals surface area contributed by atoms with Crippen LogP contribution < -0.4 is 0 Å². The van der Waals surface area contributed by atoms with Crippen LogP contribution in [0.4, 0.5) is 0 Å². The Hall–Kier alpha value is 0. The normalized spacial score (nSPS) is 26.1. The van der Waals surface area contributed by atoms with Crippen LogP contribution in [0, 0.1) is 23.7 Å². The molecule has 0 heteroatoms. The number of rotatable bonds is 7. The lowest BCUT2D eigenvalue weighted by molar-refractivity contribution is 0.475. The van der Waals surface area contributed by atoms with Crippen molar-refractivity contribution in [3.05, 3.63) is 0 Å². The van der Waals surface area contributed by atoms with E-state index in [0.717, 1.165) is 23.7 Å². The Balaban J connectivity index is 1.92. The highest BCUT2D eigenvalue weighted by atomic mass is 14.4. The summed E-state index contributed by atoms with van der Waals surface area (Å²) >= 11 is 0. The van der Waals surface area contributed by atoms with Crippen molar-refractivity contribution in [1.82, 2.24) is 0 Å². The summed E-state index contributed by atoms with van der Waals surface area (Å²) in [5.74, 6) is 4.05. The fourth-order valence-corrected chi connectivity index (χ4v) is 2.35. The predicted molar refractivity (Wildman–Crippen MR) is 64.4 cm³/mol. The second kappa shape index (κ2) is 5.78. The van der Waals surface area contributed by atoms with Crippen LogP contribution in [-0.2, 0) is 0 Å². The highest BCUT2D eigenvalue weighted by molar-refractivity contribution is 4.85. The SMILES string of the molecule is CC(C)CCC[C@@H]1C[C@H]1CCC(C)C. The van der Waals surface area contributed by atoms with E-state index in [0.29, 0.717) is 0 Å². The molecular weight excluding hydrogens is 168 g/mol. The topological polar surface area (TPSA) is 0 Å². The molecule has 0 saturated heterocycles. The van der Waals surface area contributed by atoms with Gasteiger partial charge < -0.3 is 0 Å². The maximum absolute atomic E-state index is 2.34. The van der Waals surface area contributed by atoms with Gasteiger partial charge in [0.05, 0.1) is 0 Å². The van der Waals surface area contributed by atoms with Crippen molar-refractivity contribution in [2.75, 3.05) is 0 Å². The van der Waals surface area contributed by atoms with E-state index in [4.69, 9.17) is 0 Å². The van der Waals surface area contributed by atoms with Gasteiger partial charge in [-0.1, -0.05) is 53.4 Å². The van der Waals surface area contributed by atoms with Crippen molar-refractivity contribution in [3.63, 3.8) is 0 Å². The molecule has 14 heavy (non-hydrogen) atoms. The third kappa shape index (κ3) is 5.02. The van der Waals surface area contributed by atoms with Crippen LogP contribution in [0.15, 0.2) is 0 Å². The van der Waals surface area contributed by atoms with Crippen LogP contribution in [0.25, 0.3) is 0 Å². The first kappa shape index (κ1) is 12.1. The first-order valence-corrected chi connectivity index (χ1v) is 6.59. The molecule has 0 heterocycles. The zero-order valence-electron chi connectivity index (χ0n) is 10.6. The Kier molecular flexibility index (Phi) is 4.98. The largest absolute Gasteiger partial charge is 0.0628 e. The van der Waals surface area contributed by atoms with Gasteiger partial charge in [-0.15, -0.1) is 0 Å². The van der Waals surface area contributed by atoms with E-state index in [1.807, 2.05) is 0 Å². The summed E-state index contributed by atoms with van der Waals surface area (Å²) in [6.45, 7) is 9.36. The maximum Gasteiger partial charge on any atom is -0.0383 e. The molecule has 0 N–H and O–H groups in total. The smallest absolute Gasteiger partial charge is 0.0383 e. The van der Waals surface area contributed by atoms with Gasteiger partial charge in [0.1, 0.15) is 0 Å². The summed E-state index contributed by atoms with van der Waals surface area (Å²) < 4.78 is 0. The monoisotopic (exact) mass is 196 g/mol. The molecule has 0 radical (unpaired) electrons. The van der Waals surface area contributed by atoms with Crippen LogP contribution in [0.1, 0.15) is 66.2 Å². The van der Waals surface area contributed by atoms with Gasteiger partial charge in [0.2, 0.25) is 0 Å². The number of hydrogen-bond acceptors (Lipinski definition) is 0. The molecule has 0 aliphatic heterocycles. The van der Waals surface area contributed by atoms with Gasteiger partial charge in [0.25, 0.3) is 0 Å². The molecule has 0 bridgehead atoms. The molecule has 0 unspecified atom stereocenters. The maximum atomic E-state index is 2.34. The molecule has 2 atom stereocenters. The molecule has 0 amide bonds. The lowest BCUT2D eigenvalue weighted by Gasteiger charge is -2.05.